The van der Waals surface area contributed by atoms with Crippen LogP contribution in [0.1, 0.15) is 30.4 Å². The normalized spacial score (nSPS) is 29.9. The summed E-state index contributed by atoms with van der Waals surface area (Å²) >= 11 is 0. The lowest BCUT2D eigenvalue weighted by Gasteiger charge is -2.41. The number of rotatable bonds is 3. The van der Waals surface area contributed by atoms with Gasteiger partial charge in [-0.05, 0) is 37.3 Å². The largest absolute Gasteiger partial charge is 0.481 e. The monoisotopic (exact) mass is 278 g/mol. The Morgan fingerprint density at radius 3 is 2.45 bits per heavy atom. The van der Waals surface area contributed by atoms with Gasteiger partial charge in [-0.2, -0.15) is 0 Å². The minimum Gasteiger partial charge on any atom is -0.481 e. The van der Waals surface area contributed by atoms with Crippen LogP contribution in [-0.2, 0) is 15.0 Å². The maximum atomic E-state index is 11.9. The minimum atomic E-state index is -1.46. The van der Waals surface area contributed by atoms with E-state index in [4.69, 9.17) is 0 Å². The number of carbonyl (C=O) groups is 2. The highest BCUT2D eigenvalue weighted by molar-refractivity contribution is 5.89. The Morgan fingerprint density at radius 1 is 1.25 bits per heavy atom. The Bertz CT molecular complexity index is 539. The highest BCUT2D eigenvalue weighted by Crippen LogP contribution is 2.45. The predicted octanol–water partition coefficient (Wildman–Crippen LogP) is 1.56. The summed E-state index contributed by atoms with van der Waals surface area (Å²) in [5.41, 5.74) is -0.166. The SMILES string of the molecule is Cc1ccccc1C1(C(=O)O)CCC(O)CC1C(=O)O. The molecule has 0 aliphatic heterocycles. The first-order valence-electron chi connectivity index (χ1n) is 6.60. The molecule has 5 nitrogen and oxygen atoms in total. The molecule has 3 unspecified atom stereocenters. The van der Waals surface area contributed by atoms with Crippen LogP contribution in [0.2, 0.25) is 0 Å². The van der Waals surface area contributed by atoms with Crippen LogP contribution in [0.15, 0.2) is 24.3 Å². The van der Waals surface area contributed by atoms with Gasteiger partial charge < -0.3 is 15.3 Å². The average molecular weight is 278 g/mol. The molecule has 108 valence electrons. The van der Waals surface area contributed by atoms with Gasteiger partial charge in [-0.1, -0.05) is 24.3 Å². The van der Waals surface area contributed by atoms with E-state index in [-0.39, 0.29) is 12.8 Å². The fraction of sp³-hybridized carbons (Fsp3) is 0.467. The molecule has 20 heavy (non-hydrogen) atoms. The maximum absolute atomic E-state index is 11.9. The molecular weight excluding hydrogens is 260 g/mol. The summed E-state index contributed by atoms with van der Waals surface area (Å²) < 4.78 is 0. The van der Waals surface area contributed by atoms with Crippen molar-refractivity contribution in [2.24, 2.45) is 5.92 Å². The Morgan fingerprint density at radius 2 is 1.90 bits per heavy atom. The van der Waals surface area contributed by atoms with Crippen molar-refractivity contribution in [3.8, 4) is 0 Å². The van der Waals surface area contributed by atoms with Crippen LogP contribution in [0.4, 0.5) is 0 Å². The lowest BCUT2D eigenvalue weighted by atomic mass is 9.61. The average Bonchev–Trinajstić information content (AvgIpc) is 2.39. The number of benzene rings is 1. The summed E-state index contributed by atoms with van der Waals surface area (Å²) in [6.07, 6.45) is -0.362. The molecule has 1 aliphatic rings. The third-order valence-corrected chi connectivity index (χ3v) is 4.28. The number of aliphatic carboxylic acids is 2. The van der Waals surface area contributed by atoms with E-state index in [2.05, 4.69) is 0 Å². The fourth-order valence-corrected chi connectivity index (χ4v) is 3.24. The minimum absolute atomic E-state index is 0.0318. The van der Waals surface area contributed by atoms with Gasteiger partial charge in [0, 0.05) is 0 Å². The van der Waals surface area contributed by atoms with Crippen molar-refractivity contribution in [3.63, 3.8) is 0 Å². The summed E-state index contributed by atoms with van der Waals surface area (Å²) in [6.45, 7) is 1.78. The third kappa shape index (κ3) is 2.18. The molecule has 1 aromatic carbocycles. The van der Waals surface area contributed by atoms with E-state index in [1.807, 2.05) is 0 Å². The molecule has 1 saturated carbocycles. The number of hydrogen-bond acceptors (Lipinski definition) is 3. The molecule has 2 rings (SSSR count). The van der Waals surface area contributed by atoms with E-state index < -0.39 is 29.4 Å². The first-order chi connectivity index (χ1) is 9.39. The first-order valence-corrected chi connectivity index (χ1v) is 6.60. The molecule has 1 fully saturated rings. The smallest absolute Gasteiger partial charge is 0.315 e. The lowest BCUT2D eigenvalue weighted by Crippen LogP contribution is -2.51. The van der Waals surface area contributed by atoms with Gasteiger partial charge in [0.25, 0.3) is 0 Å². The fourth-order valence-electron chi connectivity index (χ4n) is 3.24. The van der Waals surface area contributed by atoms with E-state index in [1.54, 1.807) is 31.2 Å². The molecule has 0 bridgehead atoms. The van der Waals surface area contributed by atoms with E-state index in [0.29, 0.717) is 12.0 Å². The highest BCUT2D eigenvalue weighted by Gasteiger charge is 2.54. The Balaban J connectivity index is 2.62. The maximum Gasteiger partial charge on any atom is 0.315 e. The standard InChI is InChI=1S/C15H18O5/c1-9-4-2-3-5-11(9)15(14(19)20)7-6-10(16)8-12(15)13(17)18/h2-5,10,12,16H,6-8H2,1H3,(H,17,18)(H,19,20). The zero-order valence-electron chi connectivity index (χ0n) is 11.2. The Labute approximate surface area is 116 Å². The quantitative estimate of drug-likeness (QED) is 0.780. The number of carboxylic acid groups (broad SMARTS) is 2. The predicted molar refractivity (Wildman–Crippen MR) is 71.5 cm³/mol. The molecule has 1 aliphatic carbocycles. The van der Waals surface area contributed by atoms with Gasteiger partial charge in [0.15, 0.2) is 0 Å². The molecule has 1 aromatic rings. The molecule has 5 heteroatoms. The Hall–Kier alpha value is -1.88. The van der Waals surface area contributed by atoms with Crippen LogP contribution in [0, 0.1) is 12.8 Å². The molecule has 0 radical (unpaired) electrons. The van der Waals surface area contributed by atoms with Crippen LogP contribution in [0.25, 0.3) is 0 Å². The van der Waals surface area contributed by atoms with Gasteiger partial charge in [0.05, 0.1) is 12.0 Å². The van der Waals surface area contributed by atoms with Crippen molar-refractivity contribution in [1.82, 2.24) is 0 Å². The molecule has 3 N–H and O–H groups in total. The second kappa shape index (κ2) is 5.25. The van der Waals surface area contributed by atoms with Crippen LogP contribution >= 0.6 is 0 Å². The second-order valence-corrected chi connectivity index (χ2v) is 5.41. The number of hydrogen-bond donors (Lipinski definition) is 3. The van der Waals surface area contributed by atoms with Crippen molar-refractivity contribution in [2.75, 3.05) is 0 Å². The van der Waals surface area contributed by atoms with Crippen LogP contribution < -0.4 is 0 Å². The number of carboxylic acids is 2. The van der Waals surface area contributed by atoms with E-state index in [1.165, 1.54) is 0 Å². The van der Waals surface area contributed by atoms with E-state index >= 15 is 0 Å². The van der Waals surface area contributed by atoms with E-state index in [9.17, 15) is 24.9 Å². The van der Waals surface area contributed by atoms with Crippen LogP contribution in [0.3, 0.4) is 0 Å². The highest BCUT2D eigenvalue weighted by atomic mass is 16.4. The molecule has 0 heterocycles. The van der Waals surface area contributed by atoms with Crippen molar-refractivity contribution in [2.45, 2.75) is 37.7 Å². The zero-order chi connectivity index (χ0) is 14.9. The lowest BCUT2D eigenvalue weighted by molar-refractivity contribution is -0.161. The second-order valence-electron chi connectivity index (χ2n) is 5.41. The molecule has 0 saturated heterocycles. The molecule has 0 aromatic heterocycles. The molecular formula is C15H18O5. The van der Waals surface area contributed by atoms with Crippen molar-refractivity contribution >= 4 is 11.9 Å². The number of aliphatic hydroxyl groups excluding tert-OH is 1. The van der Waals surface area contributed by atoms with Gasteiger partial charge >= 0.3 is 11.9 Å². The Kier molecular flexibility index (Phi) is 3.81. The topological polar surface area (TPSA) is 94.8 Å². The van der Waals surface area contributed by atoms with Crippen LogP contribution in [0.5, 0.6) is 0 Å². The van der Waals surface area contributed by atoms with Gasteiger partial charge in [-0.3, -0.25) is 9.59 Å². The van der Waals surface area contributed by atoms with Crippen LogP contribution in [-0.4, -0.2) is 33.4 Å². The summed E-state index contributed by atoms with van der Waals surface area (Å²) in [7, 11) is 0. The molecule has 3 atom stereocenters. The zero-order valence-corrected chi connectivity index (χ0v) is 11.2. The van der Waals surface area contributed by atoms with E-state index in [0.717, 1.165) is 5.56 Å². The number of aryl methyl sites for hydroxylation is 1. The van der Waals surface area contributed by atoms with Crippen molar-refractivity contribution < 1.29 is 24.9 Å². The van der Waals surface area contributed by atoms with Gasteiger partial charge in [0.1, 0.15) is 5.41 Å². The summed E-state index contributed by atoms with van der Waals surface area (Å²) in [4.78, 5) is 23.4. The van der Waals surface area contributed by atoms with Crippen molar-refractivity contribution in [3.05, 3.63) is 35.4 Å². The van der Waals surface area contributed by atoms with Crippen molar-refractivity contribution in [1.29, 1.82) is 0 Å². The van der Waals surface area contributed by atoms with Gasteiger partial charge in [0.2, 0.25) is 0 Å². The third-order valence-electron chi connectivity index (χ3n) is 4.28. The van der Waals surface area contributed by atoms with Gasteiger partial charge in [-0.25, -0.2) is 0 Å². The summed E-state index contributed by atoms with van der Waals surface area (Å²) in [6, 6.07) is 6.97. The first kappa shape index (κ1) is 14.5. The molecule has 0 spiro atoms. The molecule has 0 amide bonds. The summed E-state index contributed by atoms with van der Waals surface area (Å²) in [5.74, 6) is -3.43. The number of aliphatic hydroxyl groups is 1. The van der Waals surface area contributed by atoms with Gasteiger partial charge in [-0.15, -0.1) is 0 Å². The summed E-state index contributed by atoms with van der Waals surface area (Å²) in [5, 5.41) is 28.8.